The summed E-state index contributed by atoms with van der Waals surface area (Å²) in [5.41, 5.74) is 4.33. The van der Waals surface area contributed by atoms with Crippen LogP contribution in [-0.4, -0.2) is 16.6 Å². The molecule has 1 heterocycles. The minimum absolute atomic E-state index is 0.142. The second-order valence-corrected chi connectivity index (χ2v) is 5.83. The maximum Gasteiger partial charge on any atom is 0.417 e. The van der Waals surface area contributed by atoms with Crippen LogP contribution in [0, 0.1) is 11.3 Å². The quantitative estimate of drug-likeness (QED) is 0.839. The Hall–Kier alpha value is -2.53. The molecule has 0 aliphatic heterocycles. The van der Waals surface area contributed by atoms with Gasteiger partial charge in [0.25, 0.3) is 0 Å². The highest BCUT2D eigenvalue weighted by Crippen LogP contribution is 2.36. The lowest BCUT2D eigenvalue weighted by Crippen LogP contribution is -2.15. The SMILES string of the molecule is N#Cc1c(C(F)(F)F)cc(Cc2ccccc2)nc1SCC(N)=O. The van der Waals surface area contributed by atoms with Gasteiger partial charge >= 0.3 is 6.18 Å². The Morgan fingerprint density at radius 1 is 1.29 bits per heavy atom. The highest BCUT2D eigenvalue weighted by molar-refractivity contribution is 8.00. The second-order valence-electron chi connectivity index (χ2n) is 4.87. The van der Waals surface area contributed by atoms with E-state index < -0.39 is 23.2 Å². The first-order valence-electron chi connectivity index (χ1n) is 6.77. The van der Waals surface area contributed by atoms with Crippen LogP contribution in [0.4, 0.5) is 13.2 Å². The number of aromatic nitrogens is 1. The number of nitriles is 1. The molecule has 4 nitrogen and oxygen atoms in total. The van der Waals surface area contributed by atoms with Crippen molar-refractivity contribution in [2.24, 2.45) is 5.73 Å². The molecule has 1 aromatic carbocycles. The van der Waals surface area contributed by atoms with Crippen LogP contribution in [0.2, 0.25) is 0 Å². The van der Waals surface area contributed by atoms with Crippen LogP contribution < -0.4 is 5.73 Å². The number of alkyl halides is 3. The number of carbonyl (C=O) groups is 1. The van der Waals surface area contributed by atoms with E-state index in [1.807, 2.05) is 0 Å². The average Bonchev–Trinajstić information content (AvgIpc) is 2.52. The van der Waals surface area contributed by atoms with Crippen molar-refractivity contribution in [3.63, 3.8) is 0 Å². The fourth-order valence-electron chi connectivity index (χ4n) is 2.04. The summed E-state index contributed by atoms with van der Waals surface area (Å²) in [6.07, 6.45) is -4.51. The molecule has 0 aliphatic rings. The second kappa shape index (κ2) is 7.36. The molecule has 2 aromatic rings. The average molecular weight is 351 g/mol. The summed E-state index contributed by atoms with van der Waals surface area (Å²) < 4.78 is 39.8. The van der Waals surface area contributed by atoms with Gasteiger partial charge < -0.3 is 5.73 Å². The number of thioether (sulfide) groups is 1. The number of pyridine rings is 1. The predicted octanol–water partition coefficient (Wildman–Crippen LogP) is 3.14. The molecule has 0 unspecified atom stereocenters. The number of rotatable bonds is 5. The Bertz CT molecular complexity index is 786. The van der Waals surface area contributed by atoms with Crippen LogP contribution in [0.15, 0.2) is 41.4 Å². The summed E-state index contributed by atoms with van der Waals surface area (Å²) in [6.45, 7) is 0. The maximum atomic E-state index is 13.3. The van der Waals surface area contributed by atoms with Crippen molar-refractivity contribution < 1.29 is 18.0 Å². The number of hydrogen-bond donors (Lipinski definition) is 1. The van der Waals surface area contributed by atoms with E-state index in [1.54, 1.807) is 30.3 Å². The number of nitrogens with zero attached hydrogens (tertiary/aromatic N) is 2. The molecule has 0 radical (unpaired) electrons. The van der Waals surface area contributed by atoms with E-state index in [0.717, 1.165) is 23.4 Å². The van der Waals surface area contributed by atoms with Gasteiger partial charge in [0, 0.05) is 12.1 Å². The van der Waals surface area contributed by atoms with Gasteiger partial charge in [-0.3, -0.25) is 4.79 Å². The summed E-state index contributed by atoms with van der Waals surface area (Å²) in [5.74, 6) is -0.957. The lowest BCUT2D eigenvalue weighted by atomic mass is 10.0. The molecule has 0 atom stereocenters. The molecule has 0 bridgehead atoms. The summed E-state index contributed by atoms with van der Waals surface area (Å²) in [7, 11) is 0. The van der Waals surface area contributed by atoms with Crippen LogP contribution in [0.5, 0.6) is 0 Å². The van der Waals surface area contributed by atoms with E-state index in [2.05, 4.69) is 4.98 Å². The van der Waals surface area contributed by atoms with E-state index in [0.29, 0.717) is 0 Å². The molecule has 2 rings (SSSR count). The van der Waals surface area contributed by atoms with Crippen molar-refractivity contribution in [1.82, 2.24) is 4.98 Å². The molecule has 2 N–H and O–H groups in total. The first-order chi connectivity index (χ1) is 11.3. The number of benzene rings is 1. The van der Waals surface area contributed by atoms with Crippen LogP contribution in [0.25, 0.3) is 0 Å². The van der Waals surface area contributed by atoms with Gasteiger partial charge in [0.1, 0.15) is 11.1 Å². The summed E-state index contributed by atoms with van der Waals surface area (Å²) in [4.78, 5) is 15.0. The van der Waals surface area contributed by atoms with Crippen molar-refractivity contribution in [3.8, 4) is 6.07 Å². The first kappa shape index (κ1) is 17.8. The predicted molar refractivity (Wildman–Crippen MR) is 83.1 cm³/mol. The molecular formula is C16H12F3N3OS. The number of halogens is 3. The number of primary amides is 1. The zero-order valence-corrected chi connectivity index (χ0v) is 13.1. The third-order valence-corrected chi connectivity index (χ3v) is 4.03. The van der Waals surface area contributed by atoms with E-state index in [4.69, 9.17) is 11.0 Å². The molecule has 1 aromatic heterocycles. The van der Waals surface area contributed by atoms with Crippen molar-refractivity contribution >= 4 is 17.7 Å². The Morgan fingerprint density at radius 3 is 2.50 bits per heavy atom. The minimum atomic E-state index is -4.69. The zero-order chi connectivity index (χ0) is 17.7. The summed E-state index contributed by atoms with van der Waals surface area (Å²) in [6, 6.07) is 11.3. The van der Waals surface area contributed by atoms with Crippen molar-refractivity contribution in [3.05, 3.63) is 58.8 Å². The molecule has 0 fully saturated rings. The Morgan fingerprint density at radius 2 is 1.96 bits per heavy atom. The highest BCUT2D eigenvalue weighted by Gasteiger charge is 2.36. The summed E-state index contributed by atoms with van der Waals surface area (Å²) >= 11 is 0.727. The van der Waals surface area contributed by atoms with E-state index >= 15 is 0 Å². The molecule has 1 amide bonds. The smallest absolute Gasteiger partial charge is 0.369 e. The van der Waals surface area contributed by atoms with Gasteiger partial charge in [-0.05, 0) is 11.6 Å². The summed E-state index contributed by atoms with van der Waals surface area (Å²) in [5, 5.41) is 8.95. The van der Waals surface area contributed by atoms with Gasteiger partial charge in [0.15, 0.2) is 0 Å². The van der Waals surface area contributed by atoms with Crippen LogP contribution in [0.1, 0.15) is 22.4 Å². The molecule has 8 heteroatoms. The van der Waals surface area contributed by atoms with E-state index in [-0.39, 0.29) is 22.9 Å². The lowest BCUT2D eigenvalue weighted by molar-refractivity contribution is -0.138. The maximum absolute atomic E-state index is 13.3. The monoisotopic (exact) mass is 351 g/mol. The van der Waals surface area contributed by atoms with Gasteiger partial charge in [0.2, 0.25) is 5.91 Å². The van der Waals surface area contributed by atoms with E-state index in [9.17, 15) is 18.0 Å². The number of nitrogens with two attached hydrogens (primary N) is 1. The largest absolute Gasteiger partial charge is 0.417 e. The van der Waals surface area contributed by atoms with Gasteiger partial charge in [-0.25, -0.2) is 4.98 Å². The van der Waals surface area contributed by atoms with Crippen LogP contribution in [-0.2, 0) is 17.4 Å². The van der Waals surface area contributed by atoms with Crippen LogP contribution >= 0.6 is 11.8 Å². The number of hydrogen-bond acceptors (Lipinski definition) is 4. The third-order valence-electron chi connectivity index (χ3n) is 3.04. The topological polar surface area (TPSA) is 79.8 Å². The number of carbonyl (C=O) groups excluding carboxylic acids is 1. The molecule has 0 aliphatic carbocycles. The Kier molecular flexibility index (Phi) is 5.46. The molecule has 0 spiro atoms. The Balaban J connectivity index is 2.50. The van der Waals surface area contributed by atoms with Crippen molar-refractivity contribution in [2.45, 2.75) is 17.6 Å². The Labute approximate surface area is 140 Å². The third kappa shape index (κ3) is 4.49. The molecule has 24 heavy (non-hydrogen) atoms. The van der Waals surface area contributed by atoms with Gasteiger partial charge in [-0.15, -0.1) is 0 Å². The fourth-order valence-corrected chi connectivity index (χ4v) is 2.80. The van der Waals surface area contributed by atoms with E-state index in [1.165, 1.54) is 6.07 Å². The van der Waals surface area contributed by atoms with Crippen molar-refractivity contribution in [2.75, 3.05) is 5.75 Å². The highest BCUT2D eigenvalue weighted by atomic mass is 32.2. The normalized spacial score (nSPS) is 11.1. The van der Waals surface area contributed by atoms with Gasteiger partial charge in [-0.2, -0.15) is 18.4 Å². The number of amides is 1. The lowest BCUT2D eigenvalue weighted by Gasteiger charge is -2.14. The minimum Gasteiger partial charge on any atom is -0.369 e. The standard InChI is InChI=1S/C16H12F3N3OS/c17-16(18,19)13-7-11(6-10-4-2-1-3-5-10)22-15(12(13)8-20)24-9-14(21)23/h1-5,7H,6,9H2,(H2,21,23). The molecular weight excluding hydrogens is 339 g/mol. The first-order valence-corrected chi connectivity index (χ1v) is 7.76. The van der Waals surface area contributed by atoms with Crippen LogP contribution in [0.3, 0.4) is 0 Å². The molecule has 124 valence electrons. The molecule has 0 saturated carbocycles. The van der Waals surface area contributed by atoms with Gasteiger partial charge in [0.05, 0.1) is 16.9 Å². The van der Waals surface area contributed by atoms with Gasteiger partial charge in [-0.1, -0.05) is 42.1 Å². The zero-order valence-electron chi connectivity index (χ0n) is 12.3. The van der Waals surface area contributed by atoms with Crippen molar-refractivity contribution in [1.29, 1.82) is 5.26 Å². The fraction of sp³-hybridized carbons (Fsp3) is 0.188. The molecule has 0 saturated heterocycles.